The normalized spacial score (nSPS) is 17.1. The molecule has 14 heteroatoms. The molecule has 1 atom stereocenters. The Morgan fingerprint density at radius 1 is 1.03 bits per heavy atom. The molecule has 1 fully saturated rings. The van der Waals surface area contributed by atoms with Crippen molar-refractivity contribution in [3.8, 4) is 0 Å². The molecule has 200 valence electrons. The Morgan fingerprint density at radius 2 is 1.67 bits per heavy atom. The highest BCUT2D eigenvalue weighted by Crippen LogP contribution is 2.36. The van der Waals surface area contributed by atoms with Crippen molar-refractivity contribution in [2.75, 3.05) is 50.8 Å². The van der Waals surface area contributed by atoms with Crippen LogP contribution in [-0.2, 0) is 19.9 Å². The van der Waals surface area contributed by atoms with Gasteiger partial charge in [0.1, 0.15) is 4.90 Å². The summed E-state index contributed by atoms with van der Waals surface area (Å²) in [5, 5.41) is 8.00. The zero-order chi connectivity index (χ0) is 26.6. The van der Waals surface area contributed by atoms with Gasteiger partial charge in [-0.3, -0.25) is 0 Å². The number of rotatable bonds is 10. The van der Waals surface area contributed by atoms with Gasteiger partial charge >= 0.3 is 5.51 Å². The molecular weight excluding hydrogens is 537 g/mol. The number of hydrogen-bond donors (Lipinski definition) is 2. The van der Waals surface area contributed by atoms with Gasteiger partial charge in [0, 0.05) is 49.4 Å². The van der Waals surface area contributed by atoms with E-state index in [0.29, 0.717) is 24.8 Å². The second-order valence-electron chi connectivity index (χ2n) is 8.55. The summed E-state index contributed by atoms with van der Waals surface area (Å²) >= 11 is 1.48. The van der Waals surface area contributed by atoms with Crippen molar-refractivity contribution in [3.05, 3.63) is 48.5 Å². The maximum absolute atomic E-state index is 13.4. The minimum atomic E-state index is -5.85. The Kier molecular flexibility index (Phi) is 9.33. The summed E-state index contributed by atoms with van der Waals surface area (Å²) in [5.41, 5.74) is -5.94. The summed E-state index contributed by atoms with van der Waals surface area (Å²) in [7, 11) is -8.24. The van der Waals surface area contributed by atoms with E-state index < -0.39 is 41.2 Å². The number of benzene rings is 2. The van der Waals surface area contributed by atoms with Crippen molar-refractivity contribution in [3.63, 3.8) is 0 Å². The van der Waals surface area contributed by atoms with E-state index in [9.17, 15) is 30.0 Å². The molecule has 2 aromatic carbocycles. The standard InChI is InChI=1S/C22H29F3N4O4S3/c1-28-11-13-29(14-12-28)10-9-17(16-34-18-5-3-2-4-6-18)27-20-8-7-19(36(26,32)33)15-21(20)35(30,31)22(23,24)25/h2-8,15,17,27H,9-14,16H2,1H3,(H2,26,32,33). The van der Waals surface area contributed by atoms with Gasteiger partial charge in [-0.15, -0.1) is 11.8 Å². The fraction of sp³-hybridized carbons (Fsp3) is 0.455. The van der Waals surface area contributed by atoms with Crippen LogP contribution in [0, 0.1) is 0 Å². The molecule has 3 rings (SSSR count). The summed E-state index contributed by atoms with van der Waals surface area (Å²) in [4.78, 5) is 3.52. The maximum Gasteiger partial charge on any atom is 0.501 e. The topological polar surface area (TPSA) is 113 Å². The smallest absolute Gasteiger partial charge is 0.380 e. The second kappa shape index (κ2) is 11.7. The number of likely N-dealkylation sites (N-methyl/N-ethyl adjacent to an activating group) is 1. The van der Waals surface area contributed by atoms with Crippen LogP contribution in [0.2, 0.25) is 0 Å². The molecular formula is C22H29F3N4O4S3. The first-order chi connectivity index (χ1) is 16.8. The number of halogens is 3. The molecule has 0 aromatic heterocycles. The SMILES string of the molecule is CN1CCN(CCC(CSc2ccccc2)Nc2ccc(S(N)(=O)=O)cc2S(=O)(=O)C(F)(F)F)CC1. The summed E-state index contributed by atoms with van der Waals surface area (Å²) < 4.78 is 88.4. The van der Waals surface area contributed by atoms with Crippen LogP contribution in [0.25, 0.3) is 0 Å². The number of primary sulfonamides is 1. The number of nitrogens with zero attached hydrogens (tertiary/aromatic N) is 2. The zero-order valence-electron chi connectivity index (χ0n) is 19.6. The lowest BCUT2D eigenvalue weighted by molar-refractivity contribution is -0.0435. The van der Waals surface area contributed by atoms with E-state index in [1.807, 2.05) is 37.4 Å². The van der Waals surface area contributed by atoms with Gasteiger partial charge in [0.2, 0.25) is 10.0 Å². The number of sulfone groups is 1. The molecule has 0 bridgehead atoms. The zero-order valence-corrected chi connectivity index (χ0v) is 22.1. The molecule has 8 nitrogen and oxygen atoms in total. The molecule has 1 unspecified atom stereocenters. The van der Waals surface area contributed by atoms with Gasteiger partial charge in [0.15, 0.2) is 0 Å². The van der Waals surface area contributed by atoms with Crippen LogP contribution in [0.15, 0.2) is 63.2 Å². The molecule has 36 heavy (non-hydrogen) atoms. The van der Waals surface area contributed by atoms with Crippen LogP contribution < -0.4 is 10.5 Å². The lowest BCUT2D eigenvalue weighted by Crippen LogP contribution is -2.45. The van der Waals surface area contributed by atoms with E-state index in [4.69, 9.17) is 5.14 Å². The number of alkyl halides is 3. The molecule has 1 heterocycles. The summed E-state index contributed by atoms with van der Waals surface area (Å²) in [6, 6.07) is 11.5. The van der Waals surface area contributed by atoms with Gasteiger partial charge in [0.25, 0.3) is 9.84 Å². The van der Waals surface area contributed by atoms with E-state index >= 15 is 0 Å². The van der Waals surface area contributed by atoms with Crippen molar-refractivity contribution >= 4 is 37.3 Å². The highest BCUT2D eigenvalue weighted by Gasteiger charge is 2.48. The van der Waals surface area contributed by atoms with Crippen LogP contribution in [0.1, 0.15) is 6.42 Å². The number of piperazine rings is 1. The van der Waals surface area contributed by atoms with E-state index in [-0.39, 0.29) is 5.69 Å². The molecule has 0 aliphatic carbocycles. The van der Waals surface area contributed by atoms with Gasteiger partial charge < -0.3 is 15.1 Å². The van der Waals surface area contributed by atoms with Crippen molar-refractivity contribution < 1.29 is 30.0 Å². The molecule has 0 saturated carbocycles. The number of sulfonamides is 1. The van der Waals surface area contributed by atoms with Crippen molar-refractivity contribution in [2.24, 2.45) is 5.14 Å². The first kappa shape index (κ1) is 28.7. The van der Waals surface area contributed by atoms with Crippen LogP contribution in [0.4, 0.5) is 18.9 Å². The number of anilines is 1. The predicted octanol–water partition coefficient (Wildman–Crippen LogP) is 2.84. The highest BCUT2D eigenvalue weighted by atomic mass is 32.2. The third-order valence-corrected chi connectivity index (χ3v) is 9.43. The monoisotopic (exact) mass is 566 g/mol. The fourth-order valence-electron chi connectivity index (χ4n) is 3.69. The van der Waals surface area contributed by atoms with Crippen molar-refractivity contribution in [1.82, 2.24) is 9.80 Å². The predicted molar refractivity (Wildman–Crippen MR) is 134 cm³/mol. The highest BCUT2D eigenvalue weighted by molar-refractivity contribution is 7.99. The quantitative estimate of drug-likeness (QED) is 0.423. The van der Waals surface area contributed by atoms with Gasteiger partial charge in [0.05, 0.1) is 10.6 Å². The third kappa shape index (κ3) is 7.59. The molecule has 2 aromatic rings. The molecule has 1 aliphatic rings. The molecule has 0 radical (unpaired) electrons. The fourth-order valence-corrected chi connectivity index (χ4v) is 6.24. The Bertz CT molecular complexity index is 1230. The van der Waals surface area contributed by atoms with Gasteiger partial charge in [-0.1, -0.05) is 18.2 Å². The molecule has 0 amide bonds. The number of nitrogens with one attached hydrogen (secondary N) is 1. The van der Waals surface area contributed by atoms with Gasteiger partial charge in [-0.2, -0.15) is 13.2 Å². The second-order valence-corrected chi connectivity index (χ2v) is 13.1. The van der Waals surface area contributed by atoms with Crippen LogP contribution in [-0.4, -0.2) is 83.7 Å². The lowest BCUT2D eigenvalue weighted by atomic mass is 10.2. The minimum Gasteiger partial charge on any atom is -0.380 e. The number of thioether (sulfide) groups is 1. The van der Waals surface area contributed by atoms with E-state index in [1.54, 1.807) is 0 Å². The Labute approximate surface area is 214 Å². The molecule has 1 aliphatic heterocycles. The largest absolute Gasteiger partial charge is 0.501 e. The van der Waals surface area contributed by atoms with Crippen LogP contribution >= 0.6 is 11.8 Å². The van der Waals surface area contributed by atoms with Crippen molar-refractivity contribution in [2.45, 2.75) is 32.7 Å². The average Bonchev–Trinajstić information content (AvgIpc) is 2.81. The summed E-state index contributed by atoms with van der Waals surface area (Å²) in [5.74, 6) is 0.445. The van der Waals surface area contributed by atoms with E-state index in [1.165, 1.54) is 11.8 Å². The van der Waals surface area contributed by atoms with Gasteiger partial charge in [-0.05, 0) is 43.8 Å². The van der Waals surface area contributed by atoms with Crippen LogP contribution in [0.3, 0.4) is 0 Å². The number of hydrogen-bond acceptors (Lipinski definition) is 8. The van der Waals surface area contributed by atoms with E-state index in [0.717, 1.165) is 43.2 Å². The van der Waals surface area contributed by atoms with Gasteiger partial charge in [-0.25, -0.2) is 22.0 Å². The summed E-state index contributed by atoms with van der Waals surface area (Å²) in [6.45, 7) is 4.18. The lowest BCUT2D eigenvalue weighted by Gasteiger charge is -2.33. The minimum absolute atomic E-state index is 0.322. The maximum atomic E-state index is 13.4. The van der Waals surface area contributed by atoms with Crippen molar-refractivity contribution in [1.29, 1.82) is 0 Å². The van der Waals surface area contributed by atoms with Crippen LogP contribution in [0.5, 0.6) is 0 Å². The first-order valence-corrected chi connectivity index (χ1v) is 15.1. The Balaban J connectivity index is 1.89. The number of nitrogens with two attached hydrogens (primary N) is 1. The van der Waals surface area contributed by atoms with E-state index in [2.05, 4.69) is 15.1 Å². The Hall–Kier alpha value is -1.84. The summed E-state index contributed by atoms with van der Waals surface area (Å²) in [6.07, 6.45) is 0.534. The Morgan fingerprint density at radius 3 is 2.25 bits per heavy atom. The molecule has 1 saturated heterocycles. The average molecular weight is 567 g/mol. The molecule has 0 spiro atoms. The first-order valence-electron chi connectivity index (χ1n) is 11.1. The molecule has 3 N–H and O–H groups in total. The third-order valence-electron chi connectivity index (χ3n) is 5.82.